The number of para-hydroxylation sites is 1. The molecule has 1 aliphatic rings. The molecule has 0 saturated carbocycles. The minimum absolute atomic E-state index is 0.0314. The fourth-order valence-electron chi connectivity index (χ4n) is 3.49. The maximum atomic E-state index is 14.3. The molecule has 0 spiro atoms. The van der Waals surface area contributed by atoms with Crippen molar-refractivity contribution in [2.24, 2.45) is 0 Å². The number of aromatic amines is 1. The third-order valence-corrected chi connectivity index (χ3v) is 8.81. The summed E-state index contributed by atoms with van der Waals surface area (Å²) in [5.74, 6) is -0.310. The number of aromatic nitrogens is 2. The summed E-state index contributed by atoms with van der Waals surface area (Å²) in [4.78, 5) is 32.2. The molecule has 0 radical (unpaired) electrons. The van der Waals surface area contributed by atoms with E-state index >= 15 is 0 Å². The van der Waals surface area contributed by atoms with Crippen LogP contribution in [0.15, 0.2) is 36.7 Å². The molecule has 0 aliphatic carbocycles. The number of benzene rings is 1. The van der Waals surface area contributed by atoms with Crippen LogP contribution >= 0.6 is 45.6 Å². The number of methoxy groups -OCH3 is 1. The van der Waals surface area contributed by atoms with E-state index in [2.05, 4.69) is 20.6 Å². The number of hydrogen-bond acceptors (Lipinski definition) is 6. The van der Waals surface area contributed by atoms with Crippen LogP contribution in [-0.4, -0.2) is 28.8 Å². The zero-order chi connectivity index (χ0) is 22.8. The van der Waals surface area contributed by atoms with E-state index in [9.17, 15) is 14.0 Å². The molecule has 1 amide bonds. The number of H-pyrrole nitrogens is 1. The van der Waals surface area contributed by atoms with Crippen molar-refractivity contribution in [2.45, 2.75) is 10.5 Å². The van der Waals surface area contributed by atoms with E-state index in [0.29, 0.717) is 46.1 Å². The predicted octanol–water partition coefficient (Wildman–Crippen LogP) is 1.95. The normalized spacial score (nSPS) is 15.1. The van der Waals surface area contributed by atoms with Crippen molar-refractivity contribution in [1.82, 2.24) is 15.3 Å². The van der Waals surface area contributed by atoms with Crippen molar-refractivity contribution >= 4 is 64.7 Å². The molecule has 32 heavy (non-hydrogen) atoms. The average Bonchev–Trinajstić information content (AvgIpc) is 3.11. The second-order valence-corrected chi connectivity index (χ2v) is 13.2. The number of hydrogen-bond donors (Lipinski definition) is 3. The van der Waals surface area contributed by atoms with Crippen LogP contribution in [0.4, 0.5) is 20.6 Å². The second kappa shape index (κ2) is 10.1. The van der Waals surface area contributed by atoms with Gasteiger partial charge in [-0.05, 0) is 0 Å². The SMILES string of the molecule is COc1c(F)cccc1Nc1c(-c2ccncc2OI)[nH]c2c1C(=O)NC([I-]C(=O)I)C2. The summed E-state index contributed by atoms with van der Waals surface area (Å²) in [5.41, 5.74) is 3.19. The van der Waals surface area contributed by atoms with Crippen molar-refractivity contribution in [3.05, 3.63) is 53.7 Å². The van der Waals surface area contributed by atoms with Crippen LogP contribution in [0.25, 0.3) is 11.3 Å². The van der Waals surface area contributed by atoms with Crippen molar-refractivity contribution in [3.8, 4) is 22.8 Å². The molecule has 3 N–H and O–H groups in total. The van der Waals surface area contributed by atoms with Crippen LogP contribution in [0, 0.1) is 5.82 Å². The molecule has 0 fully saturated rings. The first kappa shape index (κ1) is 23.5. The zero-order valence-electron chi connectivity index (χ0n) is 16.3. The van der Waals surface area contributed by atoms with Gasteiger partial charge in [-0.15, -0.1) is 0 Å². The quantitative estimate of drug-likeness (QED) is 0.147. The molecule has 0 bridgehead atoms. The number of fused-ring (bicyclic) bond motifs is 1. The molecule has 3 aromatic rings. The van der Waals surface area contributed by atoms with Gasteiger partial charge in [0.1, 0.15) is 0 Å². The van der Waals surface area contributed by atoms with Gasteiger partial charge in [0.15, 0.2) is 0 Å². The van der Waals surface area contributed by atoms with Crippen LogP contribution in [-0.2, 0) is 6.42 Å². The van der Waals surface area contributed by atoms with E-state index in [1.165, 1.54) is 13.2 Å². The molecular formula is C20H15FI3N4O4-. The van der Waals surface area contributed by atoms with Crippen LogP contribution in [0.3, 0.4) is 0 Å². The first-order valence-electron chi connectivity index (χ1n) is 9.14. The summed E-state index contributed by atoms with van der Waals surface area (Å²) in [5, 5.41) is 6.12. The van der Waals surface area contributed by atoms with Gasteiger partial charge in [-0.1, -0.05) is 0 Å². The summed E-state index contributed by atoms with van der Waals surface area (Å²) >= 11 is 2.67. The van der Waals surface area contributed by atoms with Crippen LogP contribution in [0.1, 0.15) is 16.1 Å². The third-order valence-electron chi connectivity index (χ3n) is 4.76. The summed E-state index contributed by atoms with van der Waals surface area (Å²) < 4.78 is 24.8. The molecule has 168 valence electrons. The summed E-state index contributed by atoms with van der Waals surface area (Å²) in [6.07, 6.45) is 3.67. The Bertz CT molecular complexity index is 1200. The van der Waals surface area contributed by atoms with Gasteiger partial charge >= 0.3 is 222 Å². The van der Waals surface area contributed by atoms with Crippen molar-refractivity contribution in [1.29, 1.82) is 0 Å². The van der Waals surface area contributed by atoms with Crippen molar-refractivity contribution in [2.75, 3.05) is 12.4 Å². The number of carbonyl (C=O) groups excluding carboxylic acids is 2. The molecule has 3 heterocycles. The van der Waals surface area contributed by atoms with Crippen LogP contribution < -0.4 is 39.6 Å². The summed E-state index contributed by atoms with van der Waals surface area (Å²) in [6, 6.07) is 6.27. The Morgan fingerprint density at radius 3 is 2.91 bits per heavy atom. The molecule has 2 aromatic heterocycles. The molecule has 1 atom stereocenters. The number of nitrogens with zero attached hydrogens (tertiary/aromatic N) is 1. The first-order chi connectivity index (χ1) is 15.4. The molecule has 1 aromatic carbocycles. The van der Waals surface area contributed by atoms with Gasteiger partial charge in [0.05, 0.1) is 0 Å². The number of rotatable bonds is 7. The number of halogens is 4. The maximum absolute atomic E-state index is 14.3. The molecular weight excluding hydrogens is 760 g/mol. The number of pyridine rings is 1. The van der Waals surface area contributed by atoms with E-state index in [1.807, 2.05) is 0 Å². The van der Waals surface area contributed by atoms with Crippen molar-refractivity contribution in [3.63, 3.8) is 0 Å². The monoisotopic (exact) mass is 775 g/mol. The van der Waals surface area contributed by atoms with Gasteiger partial charge in [-0.25, -0.2) is 0 Å². The standard InChI is InChI=1S/C20H15FI3N4O4/c1-31-18-10(21)3-2-4-11(18)26-17-15-12(7-14(24-20(22)30)28-19(15)29)27-16(17)9-5-6-25-8-13(9)32-23/h2-6,8,14,26-27H,7H2,1H3,(H,28,29)/q-1. The Labute approximate surface area is 220 Å². The van der Waals surface area contributed by atoms with E-state index in [0.717, 1.165) is 0 Å². The molecule has 1 unspecified atom stereocenters. The zero-order valence-corrected chi connectivity index (χ0v) is 22.8. The number of anilines is 2. The second-order valence-electron chi connectivity index (χ2n) is 6.60. The van der Waals surface area contributed by atoms with Gasteiger partial charge in [-0.2, -0.15) is 0 Å². The van der Waals surface area contributed by atoms with E-state index in [4.69, 9.17) is 7.80 Å². The number of carbonyl (C=O) groups is 2. The topological polar surface area (TPSA) is 105 Å². The third kappa shape index (κ3) is 4.66. The average molecular weight is 775 g/mol. The van der Waals surface area contributed by atoms with Gasteiger partial charge in [0.2, 0.25) is 0 Å². The Balaban J connectivity index is 1.88. The molecule has 1 aliphatic heterocycles. The van der Waals surface area contributed by atoms with Crippen molar-refractivity contribution < 1.29 is 43.0 Å². The Morgan fingerprint density at radius 1 is 1.38 bits per heavy atom. The van der Waals surface area contributed by atoms with E-state index in [1.54, 1.807) is 76.2 Å². The number of alkyl halides is 1. The number of nitrogens with one attached hydrogen (secondary N) is 3. The molecule has 8 nitrogen and oxygen atoms in total. The van der Waals surface area contributed by atoms with Gasteiger partial charge in [-0.3, -0.25) is 0 Å². The number of ether oxygens (including phenoxy) is 1. The van der Waals surface area contributed by atoms with Gasteiger partial charge < -0.3 is 0 Å². The minimum atomic E-state index is -0.866. The Kier molecular flexibility index (Phi) is 7.38. The van der Waals surface area contributed by atoms with E-state index < -0.39 is 27.0 Å². The summed E-state index contributed by atoms with van der Waals surface area (Å²) in [7, 11) is 1.38. The fourth-order valence-corrected chi connectivity index (χ4v) is 7.44. The van der Waals surface area contributed by atoms with Gasteiger partial charge in [0.25, 0.3) is 0 Å². The number of amides is 1. The van der Waals surface area contributed by atoms with Crippen LogP contribution in [0.2, 0.25) is 0 Å². The Hall–Kier alpha value is -1.69. The van der Waals surface area contributed by atoms with Gasteiger partial charge in [0, 0.05) is 0 Å². The molecule has 12 heteroatoms. The first-order valence-corrected chi connectivity index (χ1v) is 13.4. The summed E-state index contributed by atoms with van der Waals surface area (Å²) in [6.45, 7) is 0. The Morgan fingerprint density at radius 2 is 2.19 bits per heavy atom. The fraction of sp³-hybridized carbons (Fsp3) is 0.150. The molecule has 4 rings (SSSR count). The molecule has 0 saturated heterocycles. The van der Waals surface area contributed by atoms with E-state index in [-0.39, 0.29) is 17.5 Å². The predicted molar refractivity (Wildman–Crippen MR) is 129 cm³/mol. The van der Waals surface area contributed by atoms with Crippen LogP contribution in [0.5, 0.6) is 11.5 Å².